The number of fused-ring (bicyclic) bond motifs is 2. The average Bonchev–Trinajstić information content (AvgIpc) is 2.91. The van der Waals surface area contributed by atoms with Crippen molar-refractivity contribution in [1.82, 2.24) is 5.32 Å². The second-order valence-electron chi connectivity index (χ2n) is 7.10. The van der Waals surface area contributed by atoms with Crippen LogP contribution in [0.3, 0.4) is 0 Å². The molecule has 26 heavy (non-hydrogen) atoms. The van der Waals surface area contributed by atoms with Crippen molar-refractivity contribution in [2.24, 2.45) is 11.8 Å². The standard InChI is InChI=1S/C17H17F5N2O2/c18-16(19)12-6-10(7-13(12)16)24-9-2-1-8-3-4-23-14(11(8)5-9)26-15(25)17(20,21)22/h1-2,5,10,12-14,23-24H,3-4,6-7H2. The smallest absolute Gasteiger partial charge is 0.436 e. The molecule has 1 heterocycles. The van der Waals surface area contributed by atoms with E-state index in [9.17, 15) is 26.7 Å². The summed E-state index contributed by atoms with van der Waals surface area (Å²) in [4.78, 5) is 11.1. The Morgan fingerprint density at radius 3 is 2.58 bits per heavy atom. The molecule has 142 valence electrons. The fraction of sp³-hybridized carbons (Fsp3) is 0.588. The van der Waals surface area contributed by atoms with E-state index < -0.39 is 36.1 Å². The largest absolute Gasteiger partial charge is 0.490 e. The molecule has 0 aromatic heterocycles. The fourth-order valence-electron chi connectivity index (χ4n) is 4.05. The highest BCUT2D eigenvalue weighted by Crippen LogP contribution is 2.64. The Hall–Kier alpha value is -1.90. The lowest BCUT2D eigenvalue weighted by Crippen LogP contribution is -2.37. The Bertz CT molecular complexity index is 722. The second kappa shape index (κ2) is 5.80. The summed E-state index contributed by atoms with van der Waals surface area (Å²) in [6.45, 7) is 0.386. The molecule has 0 spiro atoms. The summed E-state index contributed by atoms with van der Waals surface area (Å²) >= 11 is 0. The van der Waals surface area contributed by atoms with Gasteiger partial charge < -0.3 is 10.1 Å². The molecule has 3 aliphatic rings. The van der Waals surface area contributed by atoms with Gasteiger partial charge in [-0.3, -0.25) is 5.32 Å². The summed E-state index contributed by atoms with van der Waals surface area (Å²) in [6, 6.07) is 5.07. The number of benzene rings is 1. The summed E-state index contributed by atoms with van der Waals surface area (Å²) < 4.78 is 68.5. The van der Waals surface area contributed by atoms with E-state index in [2.05, 4.69) is 15.4 Å². The minimum Gasteiger partial charge on any atom is -0.436 e. The first-order valence-electron chi connectivity index (χ1n) is 8.44. The predicted octanol–water partition coefficient (Wildman–Crippen LogP) is 3.39. The highest BCUT2D eigenvalue weighted by atomic mass is 19.4. The van der Waals surface area contributed by atoms with Gasteiger partial charge in [-0.25, -0.2) is 13.6 Å². The SMILES string of the molecule is O=C(OC1NCCc2ccc(NC3CC4C(C3)C4(F)F)cc21)C(F)(F)F. The van der Waals surface area contributed by atoms with Gasteiger partial charge in [0.15, 0.2) is 6.23 Å². The average molecular weight is 376 g/mol. The van der Waals surface area contributed by atoms with E-state index in [-0.39, 0.29) is 6.04 Å². The number of halogens is 5. The van der Waals surface area contributed by atoms with Crippen molar-refractivity contribution in [1.29, 1.82) is 0 Å². The van der Waals surface area contributed by atoms with Crippen LogP contribution in [0.5, 0.6) is 0 Å². The van der Waals surface area contributed by atoms with E-state index in [0.717, 1.165) is 5.56 Å². The van der Waals surface area contributed by atoms with Crippen molar-refractivity contribution in [3.8, 4) is 0 Å². The normalized spacial score (nSPS) is 31.7. The van der Waals surface area contributed by atoms with Gasteiger partial charge in [-0.15, -0.1) is 0 Å². The molecule has 9 heteroatoms. The van der Waals surface area contributed by atoms with Gasteiger partial charge in [0.25, 0.3) is 5.92 Å². The second-order valence-corrected chi connectivity index (χ2v) is 7.10. The summed E-state index contributed by atoms with van der Waals surface area (Å²) in [5, 5.41) is 5.92. The molecule has 3 unspecified atom stereocenters. The number of esters is 1. The van der Waals surface area contributed by atoms with Crippen molar-refractivity contribution >= 4 is 11.7 Å². The molecule has 4 rings (SSSR count). The van der Waals surface area contributed by atoms with Crippen molar-refractivity contribution in [2.75, 3.05) is 11.9 Å². The van der Waals surface area contributed by atoms with E-state index in [0.29, 0.717) is 37.1 Å². The van der Waals surface area contributed by atoms with Crippen molar-refractivity contribution in [3.63, 3.8) is 0 Å². The summed E-state index contributed by atoms with van der Waals surface area (Å²) in [6.07, 6.45) is -4.91. The molecule has 0 amide bonds. The van der Waals surface area contributed by atoms with E-state index in [1.807, 2.05) is 0 Å². The zero-order chi connectivity index (χ0) is 18.7. The third-order valence-electron chi connectivity index (χ3n) is 5.42. The number of hydrogen-bond donors (Lipinski definition) is 2. The van der Waals surface area contributed by atoms with Gasteiger partial charge in [0.1, 0.15) is 0 Å². The van der Waals surface area contributed by atoms with Gasteiger partial charge in [0.05, 0.1) is 0 Å². The molecule has 0 radical (unpaired) electrons. The van der Waals surface area contributed by atoms with Crippen LogP contribution in [0.15, 0.2) is 18.2 Å². The Morgan fingerprint density at radius 1 is 1.23 bits per heavy atom. The molecule has 2 N–H and O–H groups in total. The van der Waals surface area contributed by atoms with Crippen LogP contribution in [0.25, 0.3) is 0 Å². The molecule has 3 atom stereocenters. The maximum absolute atomic E-state index is 13.3. The minimum atomic E-state index is -5.06. The Morgan fingerprint density at radius 2 is 1.92 bits per heavy atom. The maximum atomic E-state index is 13.3. The lowest BCUT2D eigenvalue weighted by Gasteiger charge is -2.28. The number of nitrogens with one attached hydrogen (secondary N) is 2. The van der Waals surface area contributed by atoms with Gasteiger partial charge in [-0.2, -0.15) is 13.2 Å². The van der Waals surface area contributed by atoms with Gasteiger partial charge >= 0.3 is 12.1 Å². The highest BCUT2D eigenvalue weighted by Gasteiger charge is 2.71. The topological polar surface area (TPSA) is 50.4 Å². The quantitative estimate of drug-likeness (QED) is 0.627. The number of carbonyl (C=O) groups is 1. The van der Waals surface area contributed by atoms with Gasteiger partial charge in [0.2, 0.25) is 0 Å². The predicted molar refractivity (Wildman–Crippen MR) is 81.6 cm³/mol. The van der Waals surface area contributed by atoms with Crippen molar-refractivity contribution in [2.45, 2.75) is 43.6 Å². The van der Waals surface area contributed by atoms with Crippen LogP contribution in [0.1, 0.15) is 30.2 Å². The highest BCUT2D eigenvalue weighted by molar-refractivity contribution is 5.76. The summed E-state index contributed by atoms with van der Waals surface area (Å²) in [5.41, 5.74) is 1.86. The molecule has 0 saturated heterocycles. The molecule has 2 saturated carbocycles. The number of carbonyl (C=O) groups excluding carboxylic acids is 1. The van der Waals surface area contributed by atoms with Crippen LogP contribution in [0.2, 0.25) is 0 Å². The number of rotatable bonds is 3. The Kier molecular flexibility index (Phi) is 3.91. The molecule has 2 fully saturated rings. The van der Waals surface area contributed by atoms with E-state index in [4.69, 9.17) is 0 Å². The number of ether oxygens (including phenoxy) is 1. The van der Waals surface area contributed by atoms with E-state index in [1.165, 1.54) is 0 Å². The monoisotopic (exact) mass is 376 g/mol. The lowest BCUT2D eigenvalue weighted by atomic mass is 9.98. The van der Waals surface area contributed by atoms with E-state index >= 15 is 0 Å². The summed E-state index contributed by atoms with van der Waals surface area (Å²) in [7, 11) is 0. The first kappa shape index (κ1) is 17.5. The molecule has 2 aliphatic carbocycles. The van der Waals surface area contributed by atoms with Gasteiger partial charge in [-0.05, 0) is 37.0 Å². The zero-order valence-corrected chi connectivity index (χ0v) is 13.6. The molecule has 1 aromatic rings. The van der Waals surface area contributed by atoms with Gasteiger partial charge in [-0.1, -0.05) is 6.07 Å². The zero-order valence-electron chi connectivity index (χ0n) is 13.6. The van der Waals surface area contributed by atoms with Crippen LogP contribution < -0.4 is 10.6 Å². The molecule has 1 aliphatic heterocycles. The maximum Gasteiger partial charge on any atom is 0.490 e. The Balaban J connectivity index is 1.46. The van der Waals surface area contributed by atoms with E-state index in [1.54, 1.807) is 18.2 Å². The summed E-state index contributed by atoms with van der Waals surface area (Å²) in [5.74, 6) is -5.94. The molecule has 1 aromatic carbocycles. The fourth-order valence-corrected chi connectivity index (χ4v) is 4.05. The molecular formula is C17H17F5N2O2. The third kappa shape index (κ3) is 3.02. The molecule has 4 nitrogen and oxygen atoms in total. The van der Waals surface area contributed by atoms with Gasteiger partial charge in [0, 0.05) is 35.7 Å². The third-order valence-corrected chi connectivity index (χ3v) is 5.42. The van der Waals surface area contributed by atoms with Crippen LogP contribution in [0.4, 0.5) is 27.6 Å². The lowest BCUT2D eigenvalue weighted by molar-refractivity contribution is -0.207. The molecular weight excluding hydrogens is 359 g/mol. The van der Waals surface area contributed by atoms with Crippen molar-refractivity contribution in [3.05, 3.63) is 29.3 Å². The van der Waals surface area contributed by atoms with Crippen molar-refractivity contribution < 1.29 is 31.5 Å². The van der Waals surface area contributed by atoms with Crippen LogP contribution in [-0.2, 0) is 16.0 Å². The first-order valence-corrected chi connectivity index (χ1v) is 8.44. The number of hydrogen-bond acceptors (Lipinski definition) is 4. The Labute approximate surface area is 146 Å². The van der Waals surface area contributed by atoms with Crippen LogP contribution in [0, 0.1) is 11.8 Å². The number of anilines is 1. The molecule has 0 bridgehead atoms. The van der Waals surface area contributed by atoms with Crippen LogP contribution >= 0.6 is 0 Å². The number of alkyl halides is 5. The minimum absolute atomic E-state index is 0.0876. The van der Waals surface area contributed by atoms with Crippen LogP contribution in [-0.4, -0.2) is 30.7 Å². The first-order chi connectivity index (χ1) is 12.2.